The lowest BCUT2D eigenvalue weighted by molar-refractivity contribution is -0.141. The molecule has 0 aliphatic heterocycles. The first-order valence-electron chi connectivity index (χ1n) is 6.71. The van der Waals surface area contributed by atoms with Crippen molar-refractivity contribution in [3.8, 4) is 11.8 Å². The highest BCUT2D eigenvalue weighted by Gasteiger charge is 2.33. The van der Waals surface area contributed by atoms with Crippen LogP contribution in [-0.2, 0) is 9.59 Å². The molecule has 1 amide bonds. The molecule has 0 saturated heterocycles. The molecule has 20 heavy (non-hydrogen) atoms. The first kappa shape index (κ1) is 14.1. The van der Waals surface area contributed by atoms with Crippen molar-refractivity contribution in [1.29, 1.82) is 0 Å². The summed E-state index contributed by atoms with van der Waals surface area (Å²) < 4.78 is 0. The number of carboxylic acid groups (broad SMARTS) is 1. The van der Waals surface area contributed by atoms with Gasteiger partial charge in [0.15, 0.2) is 0 Å². The quantitative estimate of drug-likeness (QED) is 0.822. The molecule has 4 nitrogen and oxygen atoms in total. The van der Waals surface area contributed by atoms with E-state index in [0.717, 1.165) is 5.56 Å². The first-order chi connectivity index (χ1) is 9.66. The third kappa shape index (κ3) is 3.86. The molecule has 2 rings (SSSR count). The van der Waals surface area contributed by atoms with E-state index in [4.69, 9.17) is 5.11 Å². The van der Waals surface area contributed by atoms with Gasteiger partial charge < -0.3 is 10.4 Å². The SMILES string of the molecule is O=C(O)[C@@H]1CC[C@H](C(=O)NCC#Cc2ccccc2)C1. The minimum atomic E-state index is -0.802. The van der Waals surface area contributed by atoms with E-state index in [-0.39, 0.29) is 17.7 Å². The average Bonchev–Trinajstić information content (AvgIpc) is 2.94. The number of hydrogen-bond donors (Lipinski definition) is 2. The Balaban J connectivity index is 1.77. The molecule has 1 aromatic rings. The van der Waals surface area contributed by atoms with Crippen molar-refractivity contribution in [2.75, 3.05) is 6.54 Å². The lowest BCUT2D eigenvalue weighted by atomic mass is 10.0. The Morgan fingerprint density at radius 3 is 2.55 bits per heavy atom. The molecule has 1 saturated carbocycles. The van der Waals surface area contributed by atoms with E-state index in [0.29, 0.717) is 25.8 Å². The molecular formula is C16H17NO3. The van der Waals surface area contributed by atoms with Gasteiger partial charge in [-0.1, -0.05) is 30.0 Å². The van der Waals surface area contributed by atoms with E-state index < -0.39 is 5.97 Å². The van der Waals surface area contributed by atoms with E-state index in [1.807, 2.05) is 30.3 Å². The fourth-order valence-corrected chi connectivity index (χ4v) is 2.39. The lowest BCUT2D eigenvalue weighted by Gasteiger charge is -2.08. The summed E-state index contributed by atoms with van der Waals surface area (Å²) in [6.45, 7) is 0.294. The number of aliphatic carboxylic acids is 1. The van der Waals surface area contributed by atoms with Crippen molar-refractivity contribution in [3.05, 3.63) is 35.9 Å². The molecule has 1 aliphatic rings. The lowest BCUT2D eigenvalue weighted by Crippen LogP contribution is -2.30. The van der Waals surface area contributed by atoms with E-state index in [1.165, 1.54) is 0 Å². The van der Waals surface area contributed by atoms with Crippen molar-refractivity contribution < 1.29 is 14.7 Å². The molecule has 2 N–H and O–H groups in total. The Kier molecular flexibility index (Phi) is 4.78. The summed E-state index contributed by atoms with van der Waals surface area (Å²) in [6.07, 6.45) is 1.67. The van der Waals surface area contributed by atoms with Gasteiger partial charge in [-0.25, -0.2) is 0 Å². The number of nitrogens with one attached hydrogen (secondary N) is 1. The van der Waals surface area contributed by atoms with Gasteiger partial charge in [-0.2, -0.15) is 0 Å². The number of amides is 1. The first-order valence-corrected chi connectivity index (χ1v) is 6.71. The van der Waals surface area contributed by atoms with Crippen LogP contribution in [0.25, 0.3) is 0 Å². The van der Waals surface area contributed by atoms with E-state index >= 15 is 0 Å². The van der Waals surface area contributed by atoms with Crippen LogP contribution in [0.4, 0.5) is 0 Å². The second-order valence-corrected chi connectivity index (χ2v) is 4.93. The van der Waals surface area contributed by atoms with Crippen LogP contribution in [0.2, 0.25) is 0 Å². The number of hydrogen-bond acceptors (Lipinski definition) is 2. The summed E-state index contributed by atoms with van der Waals surface area (Å²) in [6, 6.07) is 9.55. The molecule has 4 heteroatoms. The molecule has 0 aromatic heterocycles. The highest BCUT2D eigenvalue weighted by Crippen LogP contribution is 2.30. The van der Waals surface area contributed by atoms with Crippen LogP contribution in [0.1, 0.15) is 24.8 Å². The van der Waals surface area contributed by atoms with Crippen LogP contribution in [0.15, 0.2) is 30.3 Å². The summed E-state index contributed by atoms with van der Waals surface area (Å²) >= 11 is 0. The van der Waals surface area contributed by atoms with Gasteiger partial charge in [-0.3, -0.25) is 9.59 Å². The summed E-state index contributed by atoms with van der Waals surface area (Å²) in [5, 5.41) is 11.6. The van der Waals surface area contributed by atoms with Crippen LogP contribution in [-0.4, -0.2) is 23.5 Å². The molecule has 0 bridgehead atoms. The highest BCUT2D eigenvalue weighted by atomic mass is 16.4. The molecular weight excluding hydrogens is 254 g/mol. The van der Waals surface area contributed by atoms with Gasteiger partial charge in [-0.15, -0.1) is 0 Å². The fourth-order valence-electron chi connectivity index (χ4n) is 2.39. The molecule has 2 atom stereocenters. The minimum absolute atomic E-state index is 0.0869. The maximum atomic E-state index is 11.9. The van der Waals surface area contributed by atoms with E-state index in [1.54, 1.807) is 0 Å². The highest BCUT2D eigenvalue weighted by molar-refractivity contribution is 5.81. The zero-order chi connectivity index (χ0) is 14.4. The summed E-state index contributed by atoms with van der Waals surface area (Å²) in [5.74, 6) is 4.40. The third-order valence-corrected chi connectivity index (χ3v) is 3.51. The second kappa shape index (κ2) is 6.76. The van der Waals surface area contributed by atoms with Crippen molar-refractivity contribution in [1.82, 2.24) is 5.32 Å². The van der Waals surface area contributed by atoms with Crippen molar-refractivity contribution in [3.63, 3.8) is 0 Å². The molecule has 1 fully saturated rings. The Bertz CT molecular complexity index is 542. The maximum absolute atomic E-state index is 11.9. The van der Waals surface area contributed by atoms with Gasteiger partial charge in [0.1, 0.15) is 0 Å². The number of rotatable bonds is 3. The summed E-state index contributed by atoms with van der Waals surface area (Å²) in [7, 11) is 0. The van der Waals surface area contributed by atoms with Gasteiger partial charge in [0.2, 0.25) is 5.91 Å². The van der Waals surface area contributed by atoms with Gasteiger partial charge in [0.25, 0.3) is 0 Å². The van der Waals surface area contributed by atoms with Crippen LogP contribution in [0.3, 0.4) is 0 Å². The monoisotopic (exact) mass is 271 g/mol. The van der Waals surface area contributed by atoms with Gasteiger partial charge in [0, 0.05) is 11.5 Å². The molecule has 104 valence electrons. The van der Waals surface area contributed by atoms with Gasteiger partial charge in [0.05, 0.1) is 12.5 Å². The minimum Gasteiger partial charge on any atom is -0.481 e. The van der Waals surface area contributed by atoms with Gasteiger partial charge in [-0.05, 0) is 31.4 Å². The van der Waals surface area contributed by atoms with E-state index in [9.17, 15) is 9.59 Å². The third-order valence-electron chi connectivity index (χ3n) is 3.51. The Labute approximate surface area is 118 Å². The molecule has 1 aromatic carbocycles. The molecule has 0 heterocycles. The Hall–Kier alpha value is -2.28. The number of carboxylic acids is 1. The summed E-state index contributed by atoms with van der Waals surface area (Å²) in [5.41, 5.74) is 0.911. The fraction of sp³-hybridized carbons (Fsp3) is 0.375. The maximum Gasteiger partial charge on any atom is 0.306 e. The van der Waals surface area contributed by atoms with Crippen molar-refractivity contribution in [2.24, 2.45) is 11.8 Å². The van der Waals surface area contributed by atoms with E-state index in [2.05, 4.69) is 17.2 Å². The summed E-state index contributed by atoms with van der Waals surface area (Å²) in [4.78, 5) is 22.7. The van der Waals surface area contributed by atoms with Crippen molar-refractivity contribution >= 4 is 11.9 Å². The van der Waals surface area contributed by atoms with Crippen LogP contribution in [0.5, 0.6) is 0 Å². The zero-order valence-corrected chi connectivity index (χ0v) is 11.1. The van der Waals surface area contributed by atoms with Crippen LogP contribution < -0.4 is 5.32 Å². The predicted octanol–water partition coefficient (Wildman–Crippen LogP) is 1.66. The number of carbonyl (C=O) groups excluding carboxylic acids is 1. The standard InChI is InChI=1S/C16H17NO3/c18-15(13-8-9-14(11-13)16(19)20)17-10-4-7-12-5-2-1-3-6-12/h1-3,5-6,13-14H,8-11H2,(H,17,18)(H,19,20)/t13-,14+/m0/s1. The topological polar surface area (TPSA) is 66.4 Å². The molecule has 0 spiro atoms. The second-order valence-electron chi connectivity index (χ2n) is 4.93. The normalized spacial score (nSPS) is 20.8. The molecule has 0 radical (unpaired) electrons. The number of carbonyl (C=O) groups is 2. The Morgan fingerprint density at radius 2 is 1.90 bits per heavy atom. The van der Waals surface area contributed by atoms with Crippen LogP contribution >= 0.6 is 0 Å². The van der Waals surface area contributed by atoms with Crippen LogP contribution in [0, 0.1) is 23.7 Å². The average molecular weight is 271 g/mol. The smallest absolute Gasteiger partial charge is 0.306 e. The largest absolute Gasteiger partial charge is 0.481 e. The predicted molar refractivity (Wildman–Crippen MR) is 74.8 cm³/mol. The Morgan fingerprint density at radius 1 is 1.20 bits per heavy atom. The van der Waals surface area contributed by atoms with Crippen molar-refractivity contribution in [2.45, 2.75) is 19.3 Å². The zero-order valence-electron chi connectivity index (χ0n) is 11.1. The number of benzene rings is 1. The molecule has 1 aliphatic carbocycles. The van der Waals surface area contributed by atoms with Gasteiger partial charge >= 0.3 is 5.97 Å². The molecule has 0 unspecified atom stereocenters.